The largest absolute Gasteiger partial charge is 0.493 e. The molecule has 1 aromatic rings. The average molecular weight is 276 g/mol. The summed E-state index contributed by atoms with van der Waals surface area (Å²) in [6.45, 7) is 4.62. The van der Waals surface area contributed by atoms with Crippen molar-refractivity contribution in [2.75, 3.05) is 19.9 Å². The third-order valence-electron chi connectivity index (χ3n) is 2.99. The number of hydrogen-bond donors (Lipinski definition) is 1. The lowest BCUT2D eigenvalue weighted by atomic mass is 10.1. The minimum Gasteiger partial charge on any atom is -0.493 e. The van der Waals surface area contributed by atoms with Crippen molar-refractivity contribution >= 4 is 0 Å². The van der Waals surface area contributed by atoms with Crippen LogP contribution in [0.4, 0.5) is 0 Å². The smallest absolute Gasteiger partial charge is 0.231 e. The van der Waals surface area contributed by atoms with Crippen LogP contribution in [-0.4, -0.2) is 19.9 Å². The molecule has 0 amide bonds. The minimum atomic E-state index is 0.259. The van der Waals surface area contributed by atoms with E-state index in [9.17, 15) is 0 Å². The lowest BCUT2D eigenvalue weighted by molar-refractivity contribution is 0.173. The maximum absolute atomic E-state index is 8.54. The van der Waals surface area contributed by atoms with Crippen LogP contribution in [0.2, 0.25) is 0 Å². The Kier molecular flexibility index (Phi) is 5.51. The number of fused-ring (bicyclic) bond motifs is 1. The van der Waals surface area contributed by atoms with Gasteiger partial charge in [-0.2, -0.15) is 5.26 Å². The topological polar surface area (TPSA) is 63.5 Å². The van der Waals surface area contributed by atoms with Crippen molar-refractivity contribution in [1.82, 2.24) is 5.32 Å². The van der Waals surface area contributed by atoms with Gasteiger partial charge in [-0.15, -0.1) is 0 Å². The molecule has 0 fully saturated rings. The summed E-state index contributed by atoms with van der Waals surface area (Å²) in [5.74, 6) is 2.29. The zero-order valence-electron chi connectivity index (χ0n) is 11.8. The summed E-state index contributed by atoms with van der Waals surface area (Å²) in [6.07, 6.45) is 2.32. The van der Waals surface area contributed by atoms with E-state index in [0.29, 0.717) is 13.0 Å². The Bertz CT molecular complexity index is 483. The van der Waals surface area contributed by atoms with Crippen molar-refractivity contribution in [2.24, 2.45) is 0 Å². The number of rotatable bonds is 8. The summed E-state index contributed by atoms with van der Waals surface area (Å²) in [4.78, 5) is 0. The van der Waals surface area contributed by atoms with E-state index in [4.69, 9.17) is 19.5 Å². The molecule has 0 bridgehead atoms. The van der Waals surface area contributed by atoms with E-state index in [0.717, 1.165) is 48.7 Å². The molecule has 108 valence electrons. The maximum Gasteiger partial charge on any atom is 0.231 e. The van der Waals surface area contributed by atoms with E-state index >= 15 is 0 Å². The Morgan fingerprint density at radius 3 is 2.90 bits per heavy atom. The number of nitrogens with zero attached hydrogens (tertiary/aromatic N) is 1. The van der Waals surface area contributed by atoms with Crippen LogP contribution >= 0.6 is 0 Å². The van der Waals surface area contributed by atoms with Gasteiger partial charge in [0.25, 0.3) is 0 Å². The molecule has 0 atom stereocenters. The summed E-state index contributed by atoms with van der Waals surface area (Å²) in [6, 6.07) is 5.95. The van der Waals surface area contributed by atoms with Gasteiger partial charge < -0.3 is 19.5 Å². The van der Waals surface area contributed by atoms with Gasteiger partial charge in [-0.25, -0.2) is 0 Å². The van der Waals surface area contributed by atoms with Gasteiger partial charge in [-0.1, -0.05) is 6.92 Å². The predicted octanol–water partition coefficient (Wildman–Crippen LogP) is 2.60. The van der Waals surface area contributed by atoms with E-state index in [2.05, 4.69) is 18.3 Å². The van der Waals surface area contributed by atoms with Gasteiger partial charge in [0, 0.05) is 24.6 Å². The molecule has 1 aromatic carbocycles. The standard InChI is InChI=1S/C15H20N2O3/c1-2-6-17-10-12-8-14-15(20-11-19-14)9-13(12)18-7-4-3-5-16/h8-9,17H,2-4,6-7,10-11H2,1H3. The quantitative estimate of drug-likeness (QED) is 0.739. The van der Waals surface area contributed by atoms with Crippen LogP contribution in [0, 0.1) is 11.3 Å². The molecule has 0 unspecified atom stereocenters. The van der Waals surface area contributed by atoms with Crippen molar-refractivity contribution in [2.45, 2.75) is 32.7 Å². The second kappa shape index (κ2) is 7.61. The summed E-state index contributed by atoms with van der Waals surface area (Å²) >= 11 is 0. The van der Waals surface area contributed by atoms with Crippen molar-refractivity contribution in [1.29, 1.82) is 5.26 Å². The first-order valence-electron chi connectivity index (χ1n) is 6.98. The lowest BCUT2D eigenvalue weighted by Gasteiger charge is -2.13. The van der Waals surface area contributed by atoms with Gasteiger partial charge in [-0.3, -0.25) is 0 Å². The Balaban J connectivity index is 2.04. The summed E-state index contributed by atoms with van der Waals surface area (Å²) in [5, 5.41) is 11.9. The second-order valence-electron chi connectivity index (χ2n) is 4.60. The molecule has 1 heterocycles. The Hall–Kier alpha value is -1.93. The van der Waals surface area contributed by atoms with Crippen molar-refractivity contribution in [3.05, 3.63) is 17.7 Å². The Labute approximate surface area is 119 Å². The predicted molar refractivity (Wildman–Crippen MR) is 74.9 cm³/mol. The molecule has 0 spiro atoms. The molecule has 0 aromatic heterocycles. The Morgan fingerprint density at radius 2 is 2.15 bits per heavy atom. The fourth-order valence-electron chi connectivity index (χ4n) is 1.97. The molecule has 1 aliphatic rings. The van der Waals surface area contributed by atoms with E-state index in [-0.39, 0.29) is 6.79 Å². The number of benzene rings is 1. The van der Waals surface area contributed by atoms with Gasteiger partial charge in [-0.05, 0) is 25.5 Å². The first-order chi connectivity index (χ1) is 9.85. The average Bonchev–Trinajstić information content (AvgIpc) is 2.91. The van der Waals surface area contributed by atoms with Crippen molar-refractivity contribution in [3.8, 4) is 23.3 Å². The fourth-order valence-corrected chi connectivity index (χ4v) is 1.97. The second-order valence-corrected chi connectivity index (χ2v) is 4.60. The SMILES string of the molecule is CCCNCc1cc2c(cc1OCCCC#N)OCO2. The van der Waals surface area contributed by atoms with Crippen LogP contribution < -0.4 is 19.5 Å². The van der Waals surface area contributed by atoms with Crippen LogP contribution in [0.25, 0.3) is 0 Å². The van der Waals surface area contributed by atoms with Crippen molar-refractivity contribution < 1.29 is 14.2 Å². The van der Waals surface area contributed by atoms with Gasteiger partial charge in [0.15, 0.2) is 11.5 Å². The van der Waals surface area contributed by atoms with Crippen LogP contribution in [-0.2, 0) is 6.54 Å². The van der Waals surface area contributed by atoms with E-state index in [1.54, 1.807) is 0 Å². The van der Waals surface area contributed by atoms with Crippen LogP contribution in [0.3, 0.4) is 0 Å². The van der Waals surface area contributed by atoms with Crippen LogP contribution in [0.5, 0.6) is 17.2 Å². The number of nitrogens with one attached hydrogen (secondary N) is 1. The zero-order chi connectivity index (χ0) is 14.2. The molecule has 0 radical (unpaired) electrons. The molecule has 0 saturated heterocycles. The zero-order valence-corrected chi connectivity index (χ0v) is 11.8. The highest BCUT2D eigenvalue weighted by atomic mass is 16.7. The number of hydrogen-bond acceptors (Lipinski definition) is 5. The highest BCUT2D eigenvalue weighted by molar-refractivity contribution is 5.51. The summed E-state index contributed by atoms with van der Waals surface area (Å²) in [5.41, 5.74) is 1.06. The van der Waals surface area contributed by atoms with Crippen LogP contribution in [0.15, 0.2) is 12.1 Å². The first-order valence-corrected chi connectivity index (χ1v) is 6.98. The van der Waals surface area contributed by atoms with Crippen molar-refractivity contribution in [3.63, 3.8) is 0 Å². The Morgan fingerprint density at radius 1 is 1.35 bits per heavy atom. The molecule has 5 heteroatoms. The van der Waals surface area contributed by atoms with Gasteiger partial charge in [0.2, 0.25) is 6.79 Å². The molecule has 0 saturated carbocycles. The highest BCUT2D eigenvalue weighted by Crippen LogP contribution is 2.38. The molecule has 0 aliphatic carbocycles. The number of unbranched alkanes of at least 4 members (excludes halogenated alkanes) is 1. The normalized spacial score (nSPS) is 12.2. The highest BCUT2D eigenvalue weighted by Gasteiger charge is 2.17. The van der Waals surface area contributed by atoms with E-state index < -0.39 is 0 Å². The monoisotopic (exact) mass is 276 g/mol. The number of nitriles is 1. The van der Waals surface area contributed by atoms with Crippen LogP contribution in [0.1, 0.15) is 31.7 Å². The molecule has 1 aliphatic heterocycles. The molecule has 5 nitrogen and oxygen atoms in total. The molecular formula is C15H20N2O3. The maximum atomic E-state index is 8.54. The summed E-state index contributed by atoms with van der Waals surface area (Å²) < 4.78 is 16.5. The summed E-state index contributed by atoms with van der Waals surface area (Å²) in [7, 11) is 0. The van der Waals surface area contributed by atoms with Gasteiger partial charge in [0.1, 0.15) is 5.75 Å². The molecule has 1 N–H and O–H groups in total. The third-order valence-corrected chi connectivity index (χ3v) is 2.99. The van der Waals surface area contributed by atoms with E-state index in [1.807, 2.05) is 12.1 Å². The first kappa shape index (κ1) is 14.5. The molecular weight excluding hydrogens is 256 g/mol. The van der Waals surface area contributed by atoms with Gasteiger partial charge >= 0.3 is 0 Å². The number of ether oxygens (including phenoxy) is 3. The molecule has 2 rings (SSSR count). The molecule has 20 heavy (non-hydrogen) atoms. The lowest BCUT2D eigenvalue weighted by Crippen LogP contribution is -2.15. The minimum absolute atomic E-state index is 0.259. The fraction of sp³-hybridized carbons (Fsp3) is 0.533. The van der Waals surface area contributed by atoms with Gasteiger partial charge in [0.05, 0.1) is 12.7 Å². The third kappa shape index (κ3) is 3.78. The van der Waals surface area contributed by atoms with E-state index in [1.165, 1.54) is 0 Å².